The Morgan fingerprint density at radius 3 is 1.67 bits per heavy atom. The molecular formula is C28H28N2S2Si. The lowest BCUT2D eigenvalue weighted by atomic mass is 10.1. The Hall–Kier alpha value is -2.73. The number of rotatable bonds is 11. The predicted molar refractivity (Wildman–Crippen MR) is 150 cm³/mol. The molecule has 1 aromatic heterocycles. The zero-order chi connectivity index (χ0) is 22.9. The van der Waals surface area contributed by atoms with Gasteiger partial charge in [-0.3, -0.25) is 0 Å². The summed E-state index contributed by atoms with van der Waals surface area (Å²) in [5.41, 5.74) is 2.66. The van der Waals surface area contributed by atoms with Crippen LogP contribution in [0.15, 0.2) is 97.6 Å². The first-order valence-corrected chi connectivity index (χ1v) is 14.5. The average Bonchev–Trinajstić information content (AvgIpc) is 3.39. The van der Waals surface area contributed by atoms with Gasteiger partial charge in [-0.25, -0.2) is 4.98 Å². The SMILES string of the molecule is S=CCCc1ccc([Si](Cn2ccnc2)(c2ccccc2)c2ccc(CCC=S)cc2)cc1. The van der Waals surface area contributed by atoms with Crippen LogP contribution in [0.4, 0.5) is 0 Å². The van der Waals surface area contributed by atoms with Crippen molar-refractivity contribution in [2.24, 2.45) is 0 Å². The van der Waals surface area contributed by atoms with Crippen molar-refractivity contribution in [3.63, 3.8) is 0 Å². The first kappa shape index (κ1) is 23.4. The van der Waals surface area contributed by atoms with Crippen LogP contribution in [0.3, 0.4) is 0 Å². The third kappa shape index (κ3) is 5.44. The highest BCUT2D eigenvalue weighted by Gasteiger charge is 2.39. The van der Waals surface area contributed by atoms with E-state index in [4.69, 9.17) is 24.4 Å². The Balaban J connectivity index is 1.86. The van der Waals surface area contributed by atoms with E-state index in [9.17, 15) is 0 Å². The molecule has 0 aliphatic rings. The molecule has 0 bridgehead atoms. The highest BCUT2D eigenvalue weighted by Crippen LogP contribution is 2.14. The Bertz CT molecular complexity index is 1100. The van der Waals surface area contributed by atoms with Crippen molar-refractivity contribution in [1.82, 2.24) is 9.55 Å². The standard InChI is InChI=1S/C28H28N2S2Si/c31-20-4-6-24-10-14-27(15-11-24)33(23-30-19-18-29-22-30,26-8-2-1-3-9-26)28-16-12-25(13-17-28)7-5-21-32/h1-3,8-22H,4-7,23H2. The summed E-state index contributed by atoms with van der Waals surface area (Å²) < 4.78 is 2.24. The molecule has 2 nitrogen and oxygen atoms in total. The normalized spacial score (nSPS) is 11.3. The zero-order valence-corrected chi connectivity index (χ0v) is 21.3. The second kappa shape index (κ2) is 11.4. The van der Waals surface area contributed by atoms with Crippen LogP contribution in [0.1, 0.15) is 24.0 Å². The highest BCUT2D eigenvalue weighted by atomic mass is 32.1. The lowest BCUT2D eigenvalue weighted by Crippen LogP contribution is -2.69. The van der Waals surface area contributed by atoms with Gasteiger partial charge < -0.3 is 4.57 Å². The lowest BCUT2D eigenvalue weighted by Gasteiger charge is -2.34. The van der Waals surface area contributed by atoms with Crippen molar-refractivity contribution in [2.75, 3.05) is 0 Å². The molecule has 5 heteroatoms. The maximum absolute atomic E-state index is 5.03. The molecule has 3 aromatic carbocycles. The van der Waals surface area contributed by atoms with E-state index in [1.54, 1.807) is 0 Å². The molecular weight excluding hydrogens is 457 g/mol. The van der Waals surface area contributed by atoms with Crippen LogP contribution in [0, 0.1) is 0 Å². The van der Waals surface area contributed by atoms with Crippen molar-refractivity contribution in [3.05, 3.63) is 109 Å². The Kier molecular flexibility index (Phi) is 8.10. The number of aromatic nitrogens is 2. The van der Waals surface area contributed by atoms with E-state index >= 15 is 0 Å². The molecule has 0 N–H and O–H groups in total. The largest absolute Gasteiger partial charge is 0.339 e. The van der Waals surface area contributed by atoms with E-state index in [1.165, 1.54) is 26.7 Å². The van der Waals surface area contributed by atoms with Crippen LogP contribution in [0.2, 0.25) is 0 Å². The van der Waals surface area contributed by atoms with E-state index in [0.29, 0.717) is 0 Å². The van der Waals surface area contributed by atoms with Crippen LogP contribution < -0.4 is 15.6 Å². The number of thiocarbonyl (C=S) groups is 2. The molecule has 0 atom stereocenters. The van der Waals surface area contributed by atoms with Crippen molar-refractivity contribution in [1.29, 1.82) is 0 Å². The summed E-state index contributed by atoms with van der Waals surface area (Å²) in [4.78, 5) is 4.34. The molecule has 1 heterocycles. The van der Waals surface area contributed by atoms with Gasteiger partial charge in [0.15, 0.2) is 8.07 Å². The van der Waals surface area contributed by atoms with Gasteiger partial charge >= 0.3 is 0 Å². The van der Waals surface area contributed by atoms with E-state index in [-0.39, 0.29) is 0 Å². The maximum Gasteiger partial charge on any atom is 0.168 e. The first-order valence-electron chi connectivity index (χ1n) is 11.3. The second-order valence-corrected chi connectivity index (χ2v) is 12.8. The first-order chi connectivity index (χ1) is 16.3. The van der Waals surface area contributed by atoms with E-state index < -0.39 is 8.07 Å². The van der Waals surface area contributed by atoms with Gasteiger partial charge in [0.05, 0.1) is 6.33 Å². The van der Waals surface area contributed by atoms with Crippen molar-refractivity contribution in [2.45, 2.75) is 31.9 Å². The third-order valence-corrected chi connectivity index (χ3v) is 11.5. The van der Waals surface area contributed by atoms with E-state index in [1.807, 2.05) is 23.3 Å². The molecule has 0 spiro atoms. The molecule has 4 rings (SSSR count). The van der Waals surface area contributed by atoms with Crippen LogP contribution in [-0.4, -0.2) is 28.4 Å². The van der Waals surface area contributed by atoms with Crippen molar-refractivity contribution < 1.29 is 0 Å². The molecule has 0 aliphatic carbocycles. The molecule has 166 valence electrons. The molecule has 0 fully saturated rings. The fraction of sp³-hybridized carbons (Fsp3) is 0.179. The Morgan fingerprint density at radius 1 is 0.697 bits per heavy atom. The molecule has 0 radical (unpaired) electrons. The fourth-order valence-electron chi connectivity index (χ4n) is 4.51. The van der Waals surface area contributed by atoms with Crippen LogP contribution >= 0.6 is 24.4 Å². The van der Waals surface area contributed by atoms with Gasteiger partial charge in [0.25, 0.3) is 0 Å². The van der Waals surface area contributed by atoms with Gasteiger partial charge in [0.2, 0.25) is 0 Å². The fourth-order valence-corrected chi connectivity index (χ4v) is 9.26. The predicted octanol–water partition coefficient (Wildman–Crippen LogP) is 4.46. The van der Waals surface area contributed by atoms with E-state index in [2.05, 4.69) is 94.6 Å². The van der Waals surface area contributed by atoms with Crippen molar-refractivity contribution >= 4 is 58.8 Å². The van der Waals surface area contributed by atoms with Crippen LogP contribution in [-0.2, 0) is 19.0 Å². The second-order valence-electron chi connectivity index (χ2n) is 8.31. The number of aryl methyl sites for hydroxylation is 2. The molecule has 33 heavy (non-hydrogen) atoms. The maximum atomic E-state index is 5.03. The number of imidazole rings is 1. The van der Waals surface area contributed by atoms with Gasteiger partial charge in [-0.1, -0.05) is 103 Å². The van der Waals surface area contributed by atoms with Gasteiger partial charge in [-0.05, 0) is 63.1 Å². The monoisotopic (exact) mass is 484 g/mol. The van der Waals surface area contributed by atoms with Gasteiger partial charge in [-0.15, -0.1) is 0 Å². The molecule has 4 aromatic rings. The number of benzene rings is 3. The van der Waals surface area contributed by atoms with E-state index in [0.717, 1.165) is 31.9 Å². The van der Waals surface area contributed by atoms with Gasteiger partial charge in [0, 0.05) is 18.6 Å². The summed E-state index contributed by atoms with van der Waals surface area (Å²) in [6.45, 7) is 0. The quantitative estimate of drug-likeness (QED) is 0.178. The minimum absolute atomic E-state index is 0.898. The topological polar surface area (TPSA) is 17.8 Å². The van der Waals surface area contributed by atoms with Gasteiger partial charge in [0.1, 0.15) is 0 Å². The molecule has 0 aliphatic heterocycles. The minimum atomic E-state index is -2.37. The summed E-state index contributed by atoms with van der Waals surface area (Å²) in [6, 6.07) is 29.5. The number of hydrogen-bond donors (Lipinski definition) is 0. The van der Waals surface area contributed by atoms with Crippen molar-refractivity contribution in [3.8, 4) is 0 Å². The highest BCUT2D eigenvalue weighted by molar-refractivity contribution is 7.79. The smallest absolute Gasteiger partial charge is 0.168 e. The Morgan fingerprint density at radius 2 is 1.21 bits per heavy atom. The lowest BCUT2D eigenvalue weighted by molar-refractivity contribution is 0.862. The molecule has 0 amide bonds. The average molecular weight is 485 g/mol. The zero-order valence-electron chi connectivity index (χ0n) is 18.6. The molecule has 0 saturated carbocycles. The number of nitrogens with zero attached hydrogens (tertiary/aromatic N) is 2. The number of hydrogen-bond acceptors (Lipinski definition) is 3. The third-order valence-electron chi connectivity index (χ3n) is 6.24. The molecule has 0 unspecified atom stereocenters. The summed E-state index contributed by atoms with van der Waals surface area (Å²) in [6.07, 6.45) is 10.6. The Labute approximate surface area is 208 Å². The van der Waals surface area contributed by atoms with Gasteiger partial charge in [-0.2, -0.15) is 0 Å². The molecule has 0 saturated heterocycles. The minimum Gasteiger partial charge on any atom is -0.339 e. The summed E-state index contributed by atoms with van der Waals surface area (Å²) in [5, 5.41) is 7.85. The summed E-state index contributed by atoms with van der Waals surface area (Å²) >= 11 is 10.1. The summed E-state index contributed by atoms with van der Waals surface area (Å²) in [5.74, 6) is 0. The summed E-state index contributed by atoms with van der Waals surface area (Å²) in [7, 11) is -2.37. The van der Waals surface area contributed by atoms with Crippen LogP contribution in [0.25, 0.3) is 0 Å². The van der Waals surface area contributed by atoms with Crippen LogP contribution in [0.5, 0.6) is 0 Å².